The van der Waals surface area contributed by atoms with Crippen LogP contribution in [-0.4, -0.2) is 55.8 Å². The Morgan fingerprint density at radius 1 is 1.38 bits per heavy atom. The highest BCUT2D eigenvalue weighted by Gasteiger charge is 2.28. The SMILES string of the molecule is C=CCOc1ccccc1/C=C1\SC(N2CC[NH+](C)CC2)=NC1=O. The number of aliphatic imine (C=N–C) groups is 1. The molecule has 0 aliphatic carbocycles. The highest BCUT2D eigenvalue weighted by Crippen LogP contribution is 2.32. The minimum absolute atomic E-state index is 0.167. The molecule has 126 valence electrons. The molecule has 0 atom stereocenters. The van der Waals surface area contributed by atoms with Crippen molar-refractivity contribution in [3.05, 3.63) is 47.4 Å². The van der Waals surface area contributed by atoms with E-state index in [1.807, 2.05) is 30.3 Å². The number of hydrogen-bond donors (Lipinski definition) is 1. The number of amides is 1. The number of hydrogen-bond acceptors (Lipinski definition) is 4. The minimum atomic E-state index is -0.167. The summed E-state index contributed by atoms with van der Waals surface area (Å²) in [4.78, 5) is 20.9. The van der Waals surface area contributed by atoms with Crippen LogP contribution in [0.3, 0.4) is 0 Å². The van der Waals surface area contributed by atoms with Crippen LogP contribution in [0.25, 0.3) is 6.08 Å². The first-order chi connectivity index (χ1) is 11.7. The Morgan fingerprint density at radius 3 is 2.88 bits per heavy atom. The van der Waals surface area contributed by atoms with Gasteiger partial charge in [-0.25, -0.2) is 0 Å². The van der Waals surface area contributed by atoms with Gasteiger partial charge in [-0.1, -0.05) is 30.9 Å². The molecule has 1 N–H and O–H groups in total. The lowest BCUT2D eigenvalue weighted by atomic mass is 10.2. The first kappa shape index (κ1) is 16.8. The number of nitrogens with zero attached hydrogens (tertiary/aromatic N) is 2. The van der Waals surface area contributed by atoms with Crippen LogP contribution >= 0.6 is 11.8 Å². The zero-order chi connectivity index (χ0) is 16.9. The van der Waals surface area contributed by atoms with Crippen molar-refractivity contribution >= 4 is 28.9 Å². The molecule has 1 aromatic rings. The lowest BCUT2D eigenvalue weighted by Gasteiger charge is -2.30. The second kappa shape index (κ2) is 7.68. The predicted molar refractivity (Wildman–Crippen MR) is 98.3 cm³/mol. The molecule has 2 aliphatic rings. The molecule has 3 rings (SSSR count). The van der Waals surface area contributed by atoms with E-state index in [1.165, 1.54) is 16.7 Å². The lowest BCUT2D eigenvalue weighted by Crippen LogP contribution is -3.12. The molecule has 0 bridgehead atoms. The molecule has 2 aliphatic heterocycles. The molecule has 0 radical (unpaired) electrons. The van der Waals surface area contributed by atoms with Gasteiger partial charge in [-0.05, 0) is 23.9 Å². The number of thioether (sulfide) groups is 1. The van der Waals surface area contributed by atoms with E-state index in [-0.39, 0.29) is 5.91 Å². The Balaban J connectivity index is 1.74. The van der Waals surface area contributed by atoms with Gasteiger partial charge in [0.1, 0.15) is 12.4 Å². The van der Waals surface area contributed by atoms with Crippen LogP contribution in [0.2, 0.25) is 0 Å². The minimum Gasteiger partial charge on any atom is -0.489 e. The van der Waals surface area contributed by atoms with Crippen LogP contribution < -0.4 is 9.64 Å². The van der Waals surface area contributed by atoms with E-state index in [1.54, 1.807) is 6.08 Å². The fraction of sp³-hybridized carbons (Fsp3) is 0.333. The number of benzene rings is 1. The third-order valence-electron chi connectivity index (χ3n) is 4.06. The molecular formula is C18H22N3O2S+. The summed E-state index contributed by atoms with van der Waals surface area (Å²) in [5.74, 6) is 0.578. The van der Waals surface area contributed by atoms with Crippen LogP contribution in [0.4, 0.5) is 0 Å². The van der Waals surface area contributed by atoms with Crippen molar-refractivity contribution in [1.29, 1.82) is 0 Å². The number of carbonyl (C=O) groups excluding carboxylic acids is 1. The topological polar surface area (TPSA) is 46.3 Å². The van der Waals surface area contributed by atoms with Gasteiger partial charge in [0.2, 0.25) is 0 Å². The number of likely N-dealkylation sites (N-methyl/N-ethyl adjacent to an activating group) is 1. The number of carbonyl (C=O) groups is 1. The molecule has 0 saturated carbocycles. The third-order valence-corrected chi connectivity index (χ3v) is 5.10. The van der Waals surface area contributed by atoms with Crippen molar-refractivity contribution in [2.24, 2.45) is 4.99 Å². The van der Waals surface area contributed by atoms with Crippen molar-refractivity contribution in [3.63, 3.8) is 0 Å². The van der Waals surface area contributed by atoms with Crippen LogP contribution in [0, 0.1) is 0 Å². The lowest BCUT2D eigenvalue weighted by molar-refractivity contribution is -0.883. The standard InChI is InChI=1S/C18H21N3O2S/c1-3-12-23-15-7-5-4-6-14(15)13-16-17(22)19-18(24-16)21-10-8-20(2)9-11-21/h3-7,13H,1,8-12H2,2H3/p+1/b16-13-. The Morgan fingerprint density at radius 2 is 2.12 bits per heavy atom. The number of rotatable bonds is 4. The van der Waals surface area contributed by atoms with E-state index in [0.29, 0.717) is 11.5 Å². The summed E-state index contributed by atoms with van der Waals surface area (Å²) < 4.78 is 5.65. The van der Waals surface area contributed by atoms with E-state index >= 15 is 0 Å². The summed E-state index contributed by atoms with van der Waals surface area (Å²) in [5, 5.41) is 0.822. The maximum absolute atomic E-state index is 12.3. The Bertz CT molecular complexity index is 691. The number of nitrogens with one attached hydrogen (secondary N) is 1. The van der Waals surface area contributed by atoms with E-state index < -0.39 is 0 Å². The van der Waals surface area contributed by atoms with Crippen molar-refractivity contribution < 1.29 is 14.4 Å². The van der Waals surface area contributed by atoms with Crippen molar-refractivity contribution in [2.45, 2.75) is 0 Å². The number of piperazine rings is 1. The van der Waals surface area contributed by atoms with Crippen molar-refractivity contribution in [3.8, 4) is 5.75 Å². The van der Waals surface area contributed by atoms with Gasteiger partial charge in [-0.2, -0.15) is 4.99 Å². The average molecular weight is 344 g/mol. The highest BCUT2D eigenvalue weighted by molar-refractivity contribution is 8.18. The fourth-order valence-corrected chi connectivity index (χ4v) is 3.59. The van der Waals surface area contributed by atoms with Gasteiger partial charge in [0.15, 0.2) is 5.17 Å². The van der Waals surface area contributed by atoms with Gasteiger partial charge < -0.3 is 14.5 Å². The van der Waals surface area contributed by atoms with Crippen molar-refractivity contribution in [1.82, 2.24) is 4.90 Å². The normalized spacial score (nSPS) is 20.4. The van der Waals surface area contributed by atoms with Gasteiger partial charge in [-0.3, -0.25) is 4.79 Å². The van der Waals surface area contributed by atoms with Crippen LogP contribution in [-0.2, 0) is 4.79 Å². The largest absolute Gasteiger partial charge is 0.489 e. The molecule has 1 fully saturated rings. The second-order valence-electron chi connectivity index (χ2n) is 5.89. The number of amidine groups is 1. The van der Waals surface area contributed by atoms with Crippen LogP contribution in [0.1, 0.15) is 5.56 Å². The van der Waals surface area contributed by atoms with Gasteiger partial charge in [0.05, 0.1) is 38.1 Å². The Labute approximate surface area is 146 Å². The molecule has 1 saturated heterocycles. The zero-order valence-corrected chi connectivity index (χ0v) is 14.6. The first-order valence-corrected chi connectivity index (χ1v) is 8.90. The van der Waals surface area contributed by atoms with E-state index in [0.717, 1.165) is 42.7 Å². The summed E-state index contributed by atoms with van der Waals surface area (Å²) in [7, 11) is 2.19. The average Bonchev–Trinajstić information content (AvgIpc) is 2.95. The zero-order valence-electron chi connectivity index (χ0n) is 13.8. The maximum Gasteiger partial charge on any atom is 0.286 e. The quantitative estimate of drug-likeness (QED) is 0.655. The highest BCUT2D eigenvalue weighted by atomic mass is 32.2. The smallest absolute Gasteiger partial charge is 0.286 e. The Hall–Kier alpha value is -2.05. The number of quaternary nitrogens is 1. The molecular weight excluding hydrogens is 322 g/mol. The summed E-state index contributed by atoms with van der Waals surface area (Å²) in [6.45, 7) is 8.13. The first-order valence-electron chi connectivity index (χ1n) is 8.09. The van der Waals surface area contributed by atoms with Crippen LogP contribution in [0.5, 0.6) is 5.75 Å². The van der Waals surface area contributed by atoms with Gasteiger partial charge in [-0.15, -0.1) is 0 Å². The molecule has 0 unspecified atom stereocenters. The van der Waals surface area contributed by atoms with E-state index in [9.17, 15) is 4.79 Å². The van der Waals surface area contributed by atoms with E-state index in [4.69, 9.17) is 4.74 Å². The summed E-state index contributed by atoms with van der Waals surface area (Å²) in [6, 6.07) is 7.68. The summed E-state index contributed by atoms with van der Waals surface area (Å²) >= 11 is 1.46. The van der Waals surface area contributed by atoms with Crippen molar-refractivity contribution in [2.75, 3.05) is 39.8 Å². The van der Waals surface area contributed by atoms with E-state index in [2.05, 4.69) is 23.5 Å². The van der Waals surface area contributed by atoms with Gasteiger partial charge >= 0.3 is 0 Å². The predicted octanol–water partition coefficient (Wildman–Crippen LogP) is 1.05. The maximum atomic E-state index is 12.3. The molecule has 1 amide bonds. The number of para-hydroxylation sites is 1. The molecule has 0 spiro atoms. The fourth-order valence-electron chi connectivity index (χ4n) is 2.63. The third kappa shape index (κ3) is 3.88. The van der Waals surface area contributed by atoms with Gasteiger partial charge in [0, 0.05) is 5.56 Å². The molecule has 2 heterocycles. The molecule has 0 aromatic heterocycles. The molecule has 5 nitrogen and oxygen atoms in total. The monoisotopic (exact) mass is 344 g/mol. The van der Waals surface area contributed by atoms with Gasteiger partial charge in [0.25, 0.3) is 5.91 Å². The van der Waals surface area contributed by atoms with Crippen LogP contribution in [0.15, 0.2) is 46.8 Å². The summed E-state index contributed by atoms with van der Waals surface area (Å²) in [6.07, 6.45) is 3.57. The number of ether oxygens (including phenoxy) is 1. The molecule has 24 heavy (non-hydrogen) atoms. The summed E-state index contributed by atoms with van der Waals surface area (Å²) in [5.41, 5.74) is 0.884. The Kier molecular flexibility index (Phi) is 5.37. The molecule has 1 aromatic carbocycles. The second-order valence-corrected chi connectivity index (χ2v) is 6.90. The molecule has 6 heteroatoms.